The van der Waals surface area contributed by atoms with Crippen LogP contribution in [0.15, 0.2) is 0 Å². The maximum atomic E-state index is 12.5. The molecule has 0 radical (unpaired) electrons. The molecule has 162 valence electrons. The van der Waals surface area contributed by atoms with Crippen LogP contribution in [0, 0.1) is 0 Å². The highest BCUT2D eigenvalue weighted by Crippen LogP contribution is 2.24. The lowest BCUT2D eigenvalue weighted by Crippen LogP contribution is -2.38. The number of rotatable bonds is 11. The number of hydrogen-bond acceptors (Lipinski definition) is 9. The molecule has 1 heterocycles. The van der Waals surface area contributed by atoms with Crippen LogP contribution in [0.4, 0.5) is 4.79 Å². The first-order valence-electron chi connectivity index (χ1n) is 9.08. The lowest BCUT2D eigenvalue weighted by Gasteiger charge is -2.29. The maximum Gasteiger partial charge on any atom is 0.533 e. The van der Waals surface area contributed by atoms with Crippen LogP contribution in [0.1, 0.15) is 53.4 Å². The van der Waals surface area contributed by atoms with Gasteiger partial charge in [-0.2, -0.15) is 0 Å². The third-order valence-electron chi connectivity index (χ3n) is 4.53. The number of carbonyl (C=O) groups is 3. The number of imide groups is 1. The maximum absolute atomic E-state index is 12.5. The van der Waals surface area contributed by atoms with Gasteiger partial charge in [0.1, 0.15) is 6.61 Å². The summed E-state index contributed by atoms with van der Waals surface area (Å²) < 4.78 is 34.4. The van der Waals surface area contributed by atoms with Crippen LogP contribution in [0.3, 0.4) is 0 Å². The van der Waals surface area contributed by atoms with Crippen molar-refractivity contribution < 1.29 is 37.1 Å². The summed E-state index contributed by atoms with van der Waals surface area (Å²) in [6.45, 7) is 7.16. The van der Waals surface area contributed by atoms with E-state index in [2.05, 4.69) is 4.84 Å². The first-order chi connectivity index (χ1) is 12.8. The van der Waals surface area contributed by atoms with E-state index in [0.29, 0.717) is 18.0 Å². The average Bonchev–Trinajstić information content (AvgIpc) is 2.86. The van der Waals surface area contributed by atoms with Crippen molar-refractivity contribution in [3.05, 3.63) is 0 Å². The van der Waals surface area contributed by atoms with Gasteiger partial charge >= 0.3 is 6.16 Å². The zero-order valence-electron chi connectivity index (χ0n) is 16.9. The Balaban J connectivity index is 2.45. The number of amides is 2. The summed E-state index contributed by atoms with van der Waals surface area (Å²) in [5, 5.41) is 0.335. The molecule has 0 bridgehead atoms. The number of sulfone groups is 1. The molecule has 0 saturated carbocycles. The van der Waals surface area contributed by atoms with Gasteiger partial charge in [0.05, 0.1) is 16.1 Å². The Morgan fingerprint density at radius 1 is 1.07 bits per heavy atom. The molecule has 11 heteroatoms. The van der Waals surface area contributed by atoms with Crippen molar-refractivity contribution in [3.63, 3.8) is 0 Å². The van der Waals surface area contributed by atoms with Crippen molar-refractivity contribution in [1.82, 2.24) is 5.06 Å². The second kappa shape index (κ2) is 9.66. The Hall–Kier alpha value is -1.72. The quantitative estimate of drug-likeness (QED) is 0.380. The molecule has 0 spiro atoms. The van der Waals surface area contributed by atoms with E-state index in [1.165, 1.54) is 0 Å². The summed E-state index contributed by atoms with van der Waals surface area (Å²) in [6, 6.07) is 0. The minimum atomic E-state index is -3.62. The van der Waals surface area contributed by atoms with Gasteiger partial charge in [0.2, 0.25) is 0 Å². The smallest absolute Gasteiger partial charge is 0.432 e. The van der Waals surface area contributed by atoms with Crippen molar-refractivity contribution in [2.24, 2.45) is 5.73 Å². The molecule has 2 amide bonds. The number of ether oxygens (including phenoxy) is 2. The summed E-state index contributed by atoms with van der Waals surface area (Å²) >= 11 is 0. The third kappa shape index (κ3) is 7.02. The zero-order valence-corrected chi connectivity index (χ0v) is 17.7. The van der Waals surface area contributed by atoms with Crippen LogP contribution >= 0.6 is 0 Å². The van der Waals surface area contributed by atoms with Gasteiger partial charge < -0.3 is 15.2 Å². The van der Waals surface area contributed by atoms with Crippen LogP contribution in [0.25, 0.3) is 0 Å². The number of nitrogens with zero attached hydrogens (tertiary/aromatic N) is 1. The van der Waals surface area contributed by atoms with Crippen LogP contribution < -0.4 is 5.73 Å². The second-order valence-corrected chi connectivity index (χ2v) is 10.5. The molecule has 0 aliphatic carbocycles. The van der Waals surface area contributed by atoms with Gasteiger partial charge in [0, 0.05) is 19.4 Å². The molecule has 1 fully saturated rings. The minimum absolute atomic E-state index is 0.0428. The van der Waals surface area contributed by atoms with E-state index in [-0.39, 0.29) is 25.9 Å². The number of hydroxylamine groups is 2. The van der Waals surface area contributed by atoms with E-state index in [9.17, 15) is 22.8 Å². The Bertz CT molecular complexity index is 671. The molecule has 0 atom stereocenters. The highest BCUT2D eigenvalue weighted by atomic mass is 32.2. The van der Waals surface area contributed by atoms with E-state index in [1.54, 1.807) is 13.8 Å². The molecular weight excluding hydrogens is 392 g/mol. The van der Waals surface area contributed by atoms with Crippen LogP contribution in [-0.4, -0.2) is 67.3 Å². The van der Waals surface area contributed by atoms with Gasteiger partial charge in [-0.15, -0.1) is 0 Å². The van der Waals surface area contributed by atoms with E-state index in [4.69, 9.17) is 15.2 Å². The standard InChI is InChI=1S/C17H30N2O8S/c1-16(2,7-9-18)26-10-8-17(3,4)28(23,24)12-11-25-15(22)27-19-13(20)5-6-14(19)21/h5-12,18H2,1-4H3. The molecule has 1 aliphatic rings. The van der Waals surface area contributed by atoms with Crippen molar-refractivity contribution in [2.45, 2.75) is 63.7 Å². The van der Waals surface area contributed by atoms with Crippen LogP contribution in [-0.2, 0) is 33.7 Å². The summed E-state index contributed by atoms with van der Waals surface area (Å²) in [7, 11) is -3.62. The number of hydrogen-bond donors (Lipinski definition) is 1. The van der Waals surface area contributed by atoms with E-state index in [1.807, 2.05) is 13.8 Å². The molecular formula is C17H30N2O8S. The predicted octanol–water partition coefficient (Wildman–Crippen LogP) is 0.931. The zero-order chi connectivity index (χ0) is 21.6. The second-order valence-electron chi connectivity index (χ2n) is 7.75. The fraction of sp³-hybridized carbons (Fsp3) is 0.824. The minimum Gasteiger partial charge on any atom is -0.432 e. The summed E-state index contributed by atoms with van der Waals surface area (Å²) in [5.41, 5.74) is 5.08. The molecule has 28 heavy (non-hydrogen) atoms. The molecule has 0 aromatic rings. The highest BCUT2D eigenvalue weighted by Gasteiger charge is 2.36. The molecule has 0 aromatic carbocycles. The van der Waals surface area contributed by atoms with Crippen molar-refractivity contribution >= 4 is 27.8 Å². The van der Waals surface area contributed by atoms with Gasteiger partial charge in [0.25, 0.3) is 11.8 Å². The number of nitrogens with two attached hydrogens (primary N) is 1. The van der Waals surface area contributed by atoms with Crippen molar-refractivity contribution in [3.8, 4) is 0 Å². The fourth-order valence-electron chi connectivity index (χ4n) is 2.42. The Labute approximate surface area is 165 Å². The molecule has 10 nitrogen and oxygen atoms in total. The monoisotopic (exact) mass is 422 g/mol. The summed E-state index contributed by atoms with van der Waals surface area (Å²) in [5.74, 6) is -1.72. The first kappa shape index (κ1) is 24.3. The molecule has 1 rings (SSSR count). The van der Waals surface area contributed by atoms with Gasteiger partial charge in [-0.1, -0.05) is 5.06 Å². The Morgan fingerprint density at radius 2 is 1.64 bits per heavy atom. The average molecular weight is 423 g/mol. The van der Waals surface area contributed by atoms with Gasteiger partial charge in [-0.25, -0.2) is 13.2 Å². The van der Waals surface area contributed by atoms with Crippen LogP contribution in [0.5, 0.6) is 0 Å². The molecule has 0 aromatic heterocycles. The van der Waals surface area contributed by atoms with Gasteiger partial charge in [0.15, 0.2) is 9.84 Å². The summed E-state index contributed by atoms with van der Waals surface area (Å²) in [6.07, 6.45) is -0.483. The van der Waals surface area contributed by atoms with Gasteiger partial charge in [-0.3, -0.25) is 14.4 Å². The van der Waals surface area contributed by atoms with Crippen LogP contribution in [0.2, 0.25) is 0 Å². The SMILES string of the molecule is CC(C)(CCN)OCCC(C)(C)S(=O)(=O)CCOC(=O)ON1C(=O)CCC1=O. The van der Waals surface area contributed by atoms with E-state index < -0.39 is 50.5 Å². The molecule has 1 saturated heterocycles. The lowest BCUT2D eigenvalue weighted by molar-refractivity contribution is -0.176. The molecule has 0 unspecified atom stereocenters. The van der Waals surface area contributed by atoms with Crippen molar-refractivity contribution in [1.29, 1.82) is 0 Å². The van der Waals surface area contributed by atoms with Crippen molar-refractivity contribution in [2.75, 3.05) is 25.5 Å². The molecule has 2 N–H and O–H groups in total. The van der Waals surface area contributed by atoms with E-state index in [0.717, 1.165) is 0 Å². The summed E-state index contributed by atoms with van der Waals surface area (Å²) in [4.78, 5) is 38.8. The fourth-order valence-corrected chi connectivity index (χ4v) is 3.67. The van der Waals surface area contributed by atoms with Gasteiger partial charge in [-0.05, 0) is 47.1 Å². The van der Waals surface area contributed by atoms with E-state index >= 15 is 0 Å². The first-order valence-corrected chi connectivity index (χ1v) is 10.7. The normalized spacial score (nSPS) is 15.8. The predicted molar refractivity (Wildman–Crippen MR) is 99.7 cm³/mol. The number of carbonyl (C=O) groups excluding carboxylic acids is 3. The topological polar surface area (TPSA) is 142 Å². The largest absolute Gasteiger partial charge is 0.533 e. The Kier molecular flexibility index (Phi) is 8.39. The Morgan fingerprint density at radius 3 is 2.18 bits per heavy atom. The lowest BCUT2D eigenvalue weighted by atomic mass is 10.1. The molecule has 1 aliphatic heterocycles. The highest BCUT2D eigenvalue weighted by molar-refractivity contribution is 7.92. The third-order valence-corrected chi connectivity index (χ3v) is 7.12.